The molecule has 0 bridgehead atoms. The highest BCUT2D eigenvalue weighted by atomic mass is 16.1. The van der Waals surface area contributed by atoms with Crippen LogP contribution in [0.5, 0.6) is 0 Å². The molecule has 6 nitrogen and oxygen atoms in total. The summed E-state index contributed by atoms with van der Waals surface area (Å²) < 4.78 is 1.56. The summed E-state index contributed by atoms with van der Waals surface area (Å²) >= 11 is 0. The van der Waals surface area contributed by atoms with Gasteiger partial charge in [0, 0.05) is 24.8 Å². The number of H-pyrrole nitrogens is 1. The molecule has 0 unspecified atom stereocenters. The zero-order valence-electron chi connectivity index (χ0n) is 10.7. The Morgan fingerprint density at radius 2 is 2.11 bits per heavy atom. The molecule has 2 aromatic rings. The summed E-state index contributed by atoms with van der Waals surface area (Å²) in [5.41, 5.74) is 1.31. The normalized spacial score (nSPS) is 17.6. The molecule has 1 aliphatic heterocycles. The van der Waals surface area contributed by atoms with E-state index in [1.165, 1.54) is 0 Å². The van der Waals surface area contributed by atoms with Crippen molar-refractivity contribution in [3.05, 3.63) is 22.2 Å². The molecule has 18 heavy (non-hydrogen) atoms. The van der Waals surface area contributed by atoms with Gasteiger partial charge in [0.2, 0.25) is 5.95 Å². The number of aromatic nitrogens is 4. The van der Waals surface area contributed by atoms with Crippen LogP contribution in [-0.2, 0) is 0 Å². The molecule has 1 saturated heterocycles. The number of hydrogen-bond acceptors (Lipinski definition) is 4. The number of aromatic amines is 1. The summed E-state index contributed by atoms with van der Waals surface area (Å²) in [6.07, 6.45) is 2.29. The highest BCUT2D eigenvalue weighted by molar-refractivity contribution is 5.47. The van der Waals surface area contributed by atoms with Crippen molar-refractivity contribution in [2.45, 2.75) is 26.7 Å². The zero-order valence-corrected chi connectivity index (χ0v) is 10.7. The van der Waals surface area contributed by atoms with Gasteiger partial charge in [-0.15, -0.1) is 0 Å². The third-order valence-electron chi connectivity index (χ3n) is 3.58. The van der Waals surface area contributed by atoms with Crippen LogP contribution in [0.2, 0.25) is 0 Å². The van der Waals surface area contributed by atoms with Gasteiger partial charge in [-0.1, -0.05) is 6.92 Å². The maximum absolute atomic E-state index is 11.8. The molecule has 0 amide bonds. The van der Waals surface area contributed by atoms with E-state index < -0.39 is 0 Å². The minimum atomic E-state index is -0.217. The average molecular weight is 247 g/mol. The van der Waals surface area contributed by atoms with Crippen molar-refractivity contribution >= 4 is 11.6 Å². The van der Waals surface area contributed by atoms with Crippen molar-refractivity contribution in [2.24, 2.45) is 5.92 Å². The van der Waals surface area contributed by atoms with Crippen molar-refractivity contribution in [2.75, 3.05) is 18.0 Å². The van der Waals surface area contributed by atoms with Crippen LogP contribution in [0.25, 0.3) is 5.65 Å². The largest absolute Gasteiger partial charge is 0.350 e. The Bertz CT molecular complexity index is 621. The molecule has 1 fully saturated rings. The van der Waals surface area contributed by atoms with Gasteiger partial charge in [-0.05, 0) is 25.7 Å². The van der Waals surface area contributed by atoms with Crippen molar-refractivity contribution in [1.29, 1.82) is 0 Å². The number of hydrogen-bond donors (Lipinski definition) is 1. The van der Waals surface area contributed by atoms with E-state index in [4.69, 9.17) is 0 Å². The summed E-state index contributed by atoms with van der Waals surface area (Å²) in [6, 6.07) is 1.81. The van der Waals surface area contributed by atoms with E-state index in [0.717, 1.165) is 43.5 Å². The first kappa shape index (κ1) is 11.3. The molecule has 0 aromatic carbocycles. The van der Waals surface area contributed by atoms with Crippen LogP contribution in [0.3, 0.4) is 0 Å². The van der Waals surface area contributed by atoms with Crippen LogP contribution < -0.4 is 10.6 Å². The molecule has 0 spiro atoms. The van der Waals surface area contributed by atoms with Crippen LogP contribution in [0, 0.1) is 12.8 Å². The van der Waals surface area contributed by atoms with Crippen LogP contribution in [0.15, 0.2) is 10.9 Å². The van der Waals surface area contributed by atoms with E-state index in [-0.39, 0.29) is 5.69 Å². The molecular formula is C12H17N5O. The lowest BCUT2D eigenvalue weighted by Crippen LogP contribution is -2.36. The summed E-state index contributed by atoms with van der Waals surface area (Å²) in [4.78, 5) is 18.5. The first-order chi connectivity index (χ1) is 8.65. The lowest BCUT2D eigenvalue weighted by Gasteiger charge is -2.31. The smallest absolute Gasteiger partial charge is 0.342 e. The summed E-state index contributed by atoms with van der Waals surface area (Å²) in [7, 11) is 0. The van der Waals surface area contributed by atoms with Crippen LogP contribution in [-0.4, -0.2) is 32.7 Å². The van der Waals surface area contributed by atoms with Gasteiger partial charge >= 0.3 is 5.69 Å². The fourth-order valence-corrected chi connectivity index (χ4v) is 2.45. The predicted octanol–water partition coefficient (Wildman–Crippen LogP) is 0.962. The molecule has 3 heterocycles. The van der Waals surface area contributed by atoms with E-state index in [2.05, 4.69) is 27.0 Å². The molecule has 0 aliphatic carbocycles. The fourth-order valence-electron chi connectivity index (χ4n) is 2.45. The molecular weight excluding hydrogens is 230 g/mol. The Labute approximate surface area is 105 Å². The highest BCUT2D eigenvalue weighted by Gasteiger charge is 2.20. The van der Waals surface area contributed by atoms with Crippen molar-refractivity contribution in [1.82, 2.24) is 19.6 Å². The Hall–Kier alpha value is -1.85. The lowest BCUT2D eigenvalue weighted by atomic mass is 10.00. The van der Waals surface area contributed by atoms with Gasteiger partial charge in [0.15, 0.2) is 5.65 Å². The van der Waals surface area contributed by atoms with Gasteiger partial charge in [-0.2, -0.15) is 5.10 Å². The lowest BCUT2D eigenvalue weighted by molar-refractivity contribution is 0.433. The number of nitrogens with zero attached hydrogens (tertiary/aromatic N) is 4. The second kappa shape index (κ2) is 4.12. The molecule has 6 heteroatoms. The number of piperidine rings is 1. The third kappa shape index (κ3) is 1.77. The van der Waals surface area contributed by atoms with Crippen molar-refractivity contribution < 1.29 is 0 Å². The molecule has 0 saturated carbocycles. The molecule has 1 aliphatic rings. The van der Waals surface area contributed by atoms with Crippen LogP contribution in [0.1, 0.15) is 25.5 Å². The number of fused-ring (bicyclic) bond motifs is 1. The second-order valence-corrected chi connectivity index (χ2v) is 5.09. The van der Waals surface area contributed by atoms with E-state index in [1.807, 2.05) is 13.0 Å². The molecule has 0 atom stereocenters. The van der Waals surface area contributed by atoms with Gasteiger partial charge in [0.25, 0.3) is 0 Å². The molecule has 96 valence electrons. The predicted molar refractivity (Wildman–Crippen MR) is 69.0 cm³/mol. The number of anilines is 1. The molecule has 0 radical (unpaired) electrons. The summed E-state index contributed by atoms with van der Waals surface area (Å²) in [6.45, 7) is 6.09. The van der Waals surface area contributed by atoms with Gasteiger partial charge < -0.3 is 4.90 Å². The number of rotatable bonds is 1. The second-order valence-electron chi connectivity index (χ2n) is 5.09. The maximum Gasteiger partial charge on any atom is 0.350 e. The van der Waals surface area contributed by atoms with E-state index in [9.17, 15) is 4.79 Å². The topological polar surface area (TPSA) is 66.3 Å². The van der Waals surface area contributed by atoms with Crippen LogP contribution >= 0.6 is 0 Å². The Morgan fingerprint density at radius 3 is 2.83 bits per heavy atom. The fraction of sp³-hybridized carbons (Fsp3) is 0.583. The van der Waals surface area contributed by atoms with E-state index >= 15 is 0 Å². The van der Waals surface area contributed by atoms with Crippen LogP contribution in [0.4, 0.5) is 5.95 Å². The minimum Gasteiger partial charge on any atom is -0.342 e. The summed E-state index contributed by atoms with van der Waals surface area (Å²) in [5, 5.41) is 6.49. The number of nitrogens with one attached hydrogen (secondary N) is 1. The average Bonchev–Trinajstić information content (AvgIpc) is 2.71. The SMILES string of the molecule is Cc1cc2n[nH]c(=O)n2c(N2CCC(C)CC2)n1. The minimum absolute atomic E-state index is 0.217. The van der Waals surface area contributed by atoms with Gasteiger partial charge in [0.05, 0.1) is 0 Å². The summed E-state index contributed by atoms with van der Waals surface area (Å²) in [5.74, 6) is 1.47. The highest BCUT2D eigenvalue weighted by Crippen LogP contribution is 2.21. The monoisotopic (exact) mass is 247 g/mol. The zero-order chi connectivity index (χ0) is 12.7. The Balaban J connectivity index is 2.10. The van der Waals surface area contributed by atoms with Gasteiger partial charge in [0.1, 0.15) is 0 Å². The molecule has 1 N–H and O–H groups in total. The first-order valence-corrected chi connectivity index (χ1v) is 6.35. The Kier molecular flexibility index (Phi) is 2.57. The van der Waals surface area contributed by atoms with Crippen molar-refractivity contribution in [3.8, 4) is 0 Å². The van der Waals surface area contributed by atoms with E-state index in [1.54, 1.807) is 4.40 Å². The van der Waals surface area contributed by atoms with Crippen molar-refractivity contribution in [3.63, 3.8) is 0 Å². The van der Waals surface area contributed by atoms with E-state index in [0.29, 0.717) is 5.65 Å². The van der Waals surface area contributed by atoms with Gasteiger partial charge in [-0.25, -0.2) is 19.3 Å². The quantitative estimate of drug-likeness (QED) is 0.815. The molecule has 2 aromatic heterocycles. The third-order valence-corrected chi connectivity index (χ3v) is 3.58. The Morgan fingerprint density at radius 1 is 1.39 bits per heavy atom. The molecule has 3 rings (SSSR count). The van der Waals surface area contributed by atoms with Gasteiger partial charge in [-0.3, -0.25) is 0 Å². The number of aryl methyl sites for hydroxylation is 1. The standard InChI is InChI=1S/C12H17N5O/c1-8-3-5-16(6-4-8)11-13-9(2)7-10-14-15-12(18)17(10)11/h7-8H,3-6H2,1-2H3,(H,15,18). The maximum atomic E-state index is 11.8. The first-order valence-electron chi connectivity index (χ1n) is 6.35.